The van der Waals surface area contributed by atoms with E-state index in [0.29, 0.717) is 17.4 Å². The maximum Gasteiger partial charge on any atom is 0.225 e. The number of carbonyl (C=O) groups excluding carboxylic acids is 1. The molecule has 140 valence electrons. The summed E-state index contributed by atoms with van der Waals surface area (Å²) in [7, 11) is 0. The van der Waals surface area contributed by atoms with Gasteiger partial charge in [0, 0.05) is 55.0 Å². The molecule has 1 aromatic carbocycles. The van der Waals surface area contributed by atoms with Crippen molar-refractivity contribution in [3.63, 3.8) is 0 Å². The van der Waals surface area contributed by atoms with Crippen LogP contribution in [0.3, 0.4) is 0 Å². The highest BCUT2D eigenvalue weighted by Gasteiger charge is 2.18. The normalized spacial score (nSPS) is 16.0. The highest BCUT2D eigenvalue weighted by molar-refractivity contribution is 9.10. The fraction of sp³-hybridized carbons (Fsp3) is 0.389. The SMILES string of the molecule is O=C(CCN1CCN(Cc2ccc(Cl)s2)CC1)Nc1ccc(Br)cc1F. The van der Waals surface area contributed by atoms with E-state index >= 15 is 0 Å². The summed E-state index contributed by atoms with van der Waals surface area (Å²) >= 11 is 10.8. The maximum absolute atomic E-state index is 13.8. The van der Waals surface area contributed by atoms with E-state index in [1.807, 2.05) is 6.07 Å². The van der Waals surface area contributed by atoms with E-state index in [1.54, 1.807) is 23.5 Å². The lowest BCUT2D eigenvalue weighted by Crippen LogP contribution is -2.46. The van der Waals surface area contributed by atoms with Gasteiger partial charge in [0.1, 0.15) is 5.82 Å². The molecule has 26 heavy (non-hydrogen) atoms. The molecule has 4 nitrogen and oxygen atoms in total. The quantitative estimate of drug-likeness (QED) is 0.692. The van der Waals surface area contributed by atoms with Gasteiger partial charge in [0.05, 0.1) is 10.0 Å². The topological polar surface area (TPSA) is 35.6 Å². The van der Waals surface area contributed by atoms with Crippen LogP contribution >= 0.6 is 38.9 Å². The molecule has 1 N–H and O–H groups in total. The first kappa shape index (κ1) is 19.8. The monoisotopic (exact) mass is 459 g/mol. The van der Waals surface area contributed by atoms with Crippen LogP contribution in [0.5, 0.6) is 0 Å². The van der Waals surface area contributed by atoms with Crippen molar-refractivity contribution in [3.8, 4) is 0 Å². The van der Waals surface area contributed by atoms with Crippen LogP contribution in [0.2, 0.25) is 4.34 Å². The van der Waals surface area contributed by atoms with Crippen molar-refractivity contribution in [1.82, 2.24) is 9.80 Å². The van der Waals surface area contributed by atoms with Gasteiger partial charge in [0.25, 0.3) is 0 Å². The van der Waals surface area contributed by atoms with Gasteiger partial charge < -0.3 is 10.2 Å². The van der Waals surface area contributed by atoms with E-state index < -0.39 is 5.82 Å². The van der Waals surface area contributed by atoms with Crippen molar-refractivity contribution in [3.05, 3.63) is 49.8 Å². The van der Waals surface area contributed by atoms with Crippen molar-refractivity contribution in [1.29, 1.82) is 0 Å². The average molecular weight is 461 g/mol. The Labute approximate surface area is 170 Å². The summed E-state index contributed by atoms with van der Waals surface area (Å²) in [5.41, 5.74) is 0.220. The Balaban J connectivity index is 1.38. The van der Waals surface area contributed by atoms with Crippen molar-refractivity contribution < 1.29 is 9.18 Å². The molecule has 0 saturated carbocycles. The first-order valence-electron chi connectivity index (χ1n) is 8.43. The van der Waals surface area contributed by atoms with E-state index in [1.165, 1.54) is 10.9 Å². The highest BCUT2D eigenvalue weighted by atomic mass is 79.9. The smallest absolute Gasteiger partial charge is 0.225 e. The summed E-state index contributed by atoms with van der Waals surface area (Å²) in [5.74, 6) is -0.600. The van der Waals surface area contributed by atoms with Crippen LogP contribution < -0.4 is 5.32 Å². The van der Waals surface area contributed by atoms with E-state index in [4.69, 9.17) is 11.6 Å². The number of nitrogens with zero attached hydrogens (tertiary/aromatic N) is 2. The fourth-order valence-electron chi connectivity index (χ4n) is 2.89. The number of hydrogen-bond donors (Lipinski definition) is 1. The van der Waals surface area contributed by atoms with Crippen molar-refractivity contribution in [2.45, 2.75) is 13.0 Å². The molecule has 8 heteroatoms. The van der Waals surface area contributed by atoms with Gasteiger partial charge in [0.15, 0.2) is 0 Å². The largest absolute Gasteiger partial charge is 0.324 e. The zero-order valence-electron chi connectivity index (χ0n) is 14.2. The first-order chi connectivity index (χ1) is 12.5. The third-order valence-electron chi connectivity index (χ3n) is 4.33. The Morgan fingerprint density at radius 2 is 1.92 bits per heavy atom. The number of nitrogens with one attached hydrogen (secondary N) is 1. The predicted octanol–water partition coefficient (Wildman–Crippen LogP) is 4.45. The summed E-state index contributed by atoms with van der Waals surface area (Å²) < 4.78 is 15.2. The second kappa shape index (κ2) is 9.28. The van der Waals surface area contributed by atoms with Crippen LogP contribution in [0.25, 0.3) is 0 Å². The Morgan fingerprint density at radius 3 is 2.58 bits per heavy atom. The standard InChI is InChI=1S/C18H20BrClFN3OS/c19-13-1-3-16(15(21)11-13)22-18(25)5-6-23-7-9-24(10-8-23)12-14-2-4-17(20)26-14/h1-4,11H,5-10,12H2,(H,22,25). The molecule has 0 unspecified atom stereocenters. The van der Waals surface area contributed by atoms with Gasteiger partial charge in [-0.25, -0.2) is 4.39 Å². The second-order valence-corrected chi connectivity index (χ2v) is 8.96. The fourth-order valence-corrected chi connectivity index (χ4v) is 4.35. The minimum atomic E-state index is -0.435. The lowest BCUT2D eigenvalue weighted by molar-refractivity contribution is -0.116. The number of amides is 1. The van der Waals surface area contributed by atoms with Gasteiger partial charge in [-0.3, -0.25) is 9.69 Å². The molecular weight excluding hydrogens is 441 g/mol. The van der Waals surface area contributed by atoms with Crippen LogP contribution in [0.1, 0.15) is 11.3 Å². The van der Waals surface area contributed by atoms with Crippen LogP contribution in [0.15, 0.2) is 34.8 Å². The molecule has 0 aliphatic carbocycles. The zero-order chi connectivity index (χ0) is 18.5. The highest BCUT2D eigenvalue weighted by Crippen LogP contribution is 2.23. The number of hydrogen-bond acceptors (Lipinski definition) is 4. The summed E-state index contributed by atoms with van der Waals surface area (Å²) in [4.78, 5) is 18.0. The van der Waals surface area contributed by atoms with E-state index in [9.17, 15) is 9.18 Å². The molecular formula is C18H20BrClFN3OS. The second-order valence-electron chi connectivity index (χ2n) is 6.25. The minimum Gasteiger partial charge on any atom is -0.324 e. The molecule has 1 aliphatic rings. The maximum atomic E-state index is 13.8. The number of benzene rings is 1. The van der Waals surface area contributed by atoms with Crippen LogP contribution in [0, 0.1) is 5.82 Å². The van der Waals surface area contributed by atoms with Gasteiger partial charge in [-0.2, -0.15) is 0 Å². The Kier molecular flexibility index (Phi) is 7.05. The van der Waals surface area contributed by atoms with Crippen molar-refractivity contribution >= 4 is 50.5 Å². The number of anilines is 1. The Hall–Kier alpha value is -0.990. The molecule has 1 aromatic heterocycles. The molecule has 1 aliphatic heterocycles. The van der Waals surface area contributed by atoms with E-state index in [2.05, 4.69) is 37.1 Å². The van der Waals surface area contributed by atoms with Gasteiger partial charge in [-0.15, -0.1) is 11.3 Å². The van der Waals surface area contributed by atoms with Gasteiger partial charge >= 0.3 is 0 Å². The first-order valence-corrected chi connectivity index (χ1v) is 10.4. The predicted molar refractivity (Wildman–Crippen MR) is 108 cm³/mol. The van der Waals surface area contributed by atoms with Crippen molar-refractivity contribution in [2.75, 3.05) is 38.0 Å². The molecule has 0 radical (unpaired) electrons. The molecule has 0 atom stereocenters. The molecule has 1 saturated heterocycles. The zero-order valence-corrected chi connectivity index (χ0v) is 17.3. The van der Waals surface area contributed by atoms with Gasteiger partial charge in [0.2, 0.25) is 5.91 Å². The summed E-state index contributed by atoms with van der Waals surface area (Å²) in [6, 6.07) is 8.62. The number of halogens is 3. The minimum absolute atomic E-state index is 0.165. The van der Waals surface area contributed by atoms with Crippen LogP contribution in [-0.4, -0.2) is 48.4 Å². The lowest BCUT2D eigenvalue weighted by Gasteiger charge is -2.34. The van der Waals surface area contributed by atoms with Gasteiger partial charge in [-0.05, 0) is 30.3 Å². The number of piperazine rings is 1. The lowest BCUT2D eigenvalue weighted by atomic mass is 10.2. The summed E-state index contributed by atoms with van der Waals surface area (Å²) in [6.07, 6.45) is 0.357. The number of rotatable bonds is 6. The Bertz CT molecular complexity index is 765. The molecule has 2 aromatic rings. The van der Waals surface area contributed by atoms with Crippen molar-refractivity contribution in [2.24, 2.45) is 0 Å². The van der Waals surface area contributed by atoms with Crippen LogP contribution in [-0.2, 0) is 11.3 Å². The average Bonchev–Trinajstić information content (AvgIpc) is 3.02. The number of carbonyl (C=O) groups is 1. The summed E-state index contributed by atoms with van der Waals surface area (Å²) in [5, 5.41) is 2.64. The third kappa shape index (κ3) is 5.76. The molecule has 2 heterocycles. The number of thiophene rings is 1. The van der Waals surface area contributed by atoms with Gasteiger partial charge in [-0.1, -0.05) is 27.5 Å². The van der Waals surface area contributed by atoms with Crippen LogP contribution in [0.4, 0.5) is 10.1 Å². The summed E-state index contributed by atoms with van der Waals surface area (Å²) in [6.45, 7) is 5.41. The van der Waals surface area contributed by atoms with E-state index in [-0.39, 0.29) is 11.6 Å². The molecule has 0 bridgehead atoms. The third-order valence-corrected chi connectivity index (χ3v) is 6.04. The molecule has 1 amide bonds. The molecule has 1 fully saturated rings. The Morgan fingerprint density at radius 1 is 1.19 bits per heavy atom. The molecule has 3 rings (SSSR count). The van der Waals surface area contributed by atoms with E-state index in [0.717, 1.165) is 37.1 Å². The molecule has 0 spiro atoms.